The molecule has 0 N–H and O–H groups in total. The van der Waals surface area contributed by atoms with Crippen molar-refractivity contribution in [2.75, 3.05) is 28.1 Å². The first-order valence-electron chi connectivity index (χ1n) is 22.3. The first kappa shape index (κ1) is 49.0. The van der Waals surface area contributed by atoms with Gasteiger partial charge in [0.25, 0.3) is 0 Å². The van der Waals surface area contributed by atoms with Crippen LogP contribution in [0.2, 0.25) is 0 Å². The molecular weight excluding hydrogens is 821 g/mol. The second-order valence-electron chi connectivity index (χ2n) is 17.9. The molecule has 0 aliphatic carbocycles. The van der Waals surface area contributed by atoms with E-state index in [1.54, 1.807) is 14.0 Å². The predicted molar refractivity (Wildman–Crippen MR) is 238 cm³/mol. The number of ether oxygens (including phenoxy) is 10. The molecule has 0 radical (unpaired) electrons. The molecule has 6 rings (SSSR count). The number of cyclic esters (lactones) is 1. The summed E-state index contributed by atoms with van der Waals surface area (Å²) in [6.07, 6.45) is 4.66. The number of ketones is 1. The number of benzene rings is 2. The molecule has 13 heteroatoms. The zero-order chi connectivity index (χ0) is 45.9. The lowest BCUT2D eigenvalue weighted by atomic mass is 9.74. The van der Waals surface area contributed by atoms with Crippen molar-refractivity contribution in [1.82, 2.24) is 0 Å². The van der Waals surface area contributed by atoms with E-state index in [0.717, 1.165) is 28.0 Å². The normalized spacial score (nSPS) is 30.8. The first-order chi connectivity index (χ1) is 30.7. The van der Waals surface area contributed by atoms with Crippen molar-refractivity contribution in [3.05, 3.63) is 114 Å². The Balaban J connectivity index is 1.34. The van der Waals surface area contributed by atoms with Crippen molar-refractivity contribution in [2.45, 2.75) is 146 Å². The molecule has 4 heterocycles. The highest BCUT2D eigenvalue weighted by molar-refractivity contribution is 6.06. The molecule has 3 saturated heterocycles. The maximum atomic E-state index is 14.6. The number of fused-ring (bicyclic) bond motifs is 6. The van der Waals surface area contributed by atoms with Crippen LogP contribution in [0.5, 0.6) is 5.75 Å². The van der Waals surface area contributed by atoms with Gasteiger partial charge < -0.3 is 47.4 Å². The van der Waals surface area contributed by atoms with Crippen LogP contribution in [0.1, 0.15) is 89.7 Å². The number of hydrogen-bond donors (Lipinski definition) is 0. The van der Waals surface area contributed by atoms with E-state index >= 15 is 0 Å². The fraction of sp³-hybridized carbons (Fsp3) is 0.549. The predicted octanol–water partition coefficient (Wildman–Crippen LogP) is 8.24. The van der Waals surface area contributed by atoms with Crippen LogP contribution in [0.4, 0.5) is 0 Å². The Labute approximate surface area is 378 Å². The number of rotatable bonds is 12. The number of esters is 2. The Hall–Kier alpha value is -4.47. The lowest BCUT2D eigenvalue weighted by Gasteiger charge is -2.48. The van der Waals surface area contributed by atoms with Crippen LogP contribution < -0.4 is 4.74 Å². The molecule has 0 aromatic heterocycles. The summed E-state index contributed by atoms with van der Waals surface area (Å²) in [7, 11) is 4.27. The molecule has 4 aliphatic heterocycles. The third-order valence-electron chi connectivity index (χ3n) is 12.4. The van der Waals surface area contributed by atoms with Gasteiger partial charge in [0.2, 0.25) is 11.6 Å². The first-order valence-corrected chi connectivity index (χ1v) is 22.3. The summed E-state index contributed by atoms with van der Waals surface area (Å²) in [4.78, 5) is 41.6. The van der Waals surface area contributed by atoms with Gasteiger partial charge in [0, 0.05) is 49.9 Å². The fourth-order valence-electron chi connectivity index (χ4n) is 9.03. The standard InChI is InChI=1S/C51H66O13/c1-33-20-40-18-19-50(4,5)51(57-8)49(54)38(25-47(52)56-7)24-45(64-51)28-46(35(3)60-32-58-30-36-12-10-9-11-13-36)63-48(53)29-41(59-31-37-14-16-39(55-6)17-15-37)26-42-22-34(2)23-44(62-42)27-43(21-33)61-40/h9-19,25,35,40-46H,1-2,20-24,26-32H2,3-8H3/b19-18-,38-25+/t35-,40+,41+,42+,43+,44-,45+,46-,51-/m1/s1. The summed E-state index contributed by atoms with van der Waals surface area (Å²) in [5.74, 6) is -2.92. The summed E-state index contributed by atoms with van der Waals surface area (Å²) in [6, 6.07) is 17.3. The monoisotopic (exact) mass is 886 g/mol. The third-order valence-corrected chi connectivity index (χ3v) is 12.4. The minimum Gasteiger partial charge on any atom is -0.497 e. The van der Waals surface area contributed by atoms with Gasteiger partial charge in [0.1, 0.15) is 18.6 Å². The van der Waals surface area contributed by atoms with Crippen LogP contribution in [-0.4, -0.2) is 100 Å². The van der Waals surface area contributed by atoms with E-state index in [4.69, 9.17) is 47.4 Å². The molecule has 4 aliphatic rings. The van der Waals surface area contributed by atoms with Crippen molar-refractivity contribution in [3.63, 3.8) is 0 Å². The zero-order valence-corrected chi connectivity index (χ0v) is 38.3. The average molecular weight is 887 g/mol. The number of hydrogen-bond acceptors (Lipinski definition) is 13. The summed E-state index contributed by atoms with van der Waals surface area (Å²) in [5.41, 5.74) is 3.03. The SMILES string of the molecule is C=C1C[C@@H]2C[C@@H]3CC(=C)C[C@H](/C=C\C(C)(C)[C@]4(OC)O[C@@H](C/C(=C\C(=O)OC)C4=O)C[C@H]([C@@H](C)OCOCc4ccccc4)OC(=O)C[C@@H](OCc4ccc(OC)cc4)C[C@H](C1)O2)O3. The lowest BCUT2D eigenvalue weighted by molar-refractivity contribution is -0.280. The van der Waals surface area contributed by atoms with Gasteiger partial charge in [-0.25, -0.2) is 4.79 Å². The number of methoxy groups -OCH3 is 3. The molecule has 0 amide bonds. The number of carbonyl (C=O) groups excluding carboxylic acids is 3. The number of carbonyl (C=O) groups is 3. The molecule has 9 atom stereocenters. The zero-order valence-electron chi connectivity index (χ0n) is 38.3. The molecule has 13 nitrogen and oxygen atoms in total. The van der Waals surface area contributed by atoms with Crippen molar-refractivity contribution in [2.24, 2.45) is 5.41 Å². The molecule has 0 unspecified atom stereocenters. The Morgan fingerprint density at radius 1 is 0.812 bits per heavy atom. The summed E-state index contributed by atoms with van der Waals surface area (Å²) in [6.45, 7) is 14.7. The van der Waals surface area contributed by atoms with Gasteiger partial charge in [-0.1, -0.05) is 92.8 Å². The Morgan fingerprint density at radius 2 is 1.48 bits per heavy atom. The van der Waals surface area contributed by atoms with Crippen LogP contribution in [0.15, 0.2) is 103 Å². The van der Waals surface area contributed by atoms with Crippen molar-refractivity contribution >= 4 is 17.7 Å². The quantitative estimate of drug-likeness (QED) is 0.0665. The van der Waals surface area contributed by atoms with Gasteiger partial charge in [-0.3, -0.25) is 9.59 Å². The average Bonchev–Trinajstić information content (AvgIpc) is 3.26. The van der Waals surface area contributed by atoms with Gasteiger partial charge in [-0.05, 0) is 55.9 Å². The summed E-state index contributed by atoms with van der Waals surface area (Å²) >= 11 is 0. The van der Waals surface area contributed by atoms with Crippen LogP contribution in [0.25, 0.3) is 0 Å². The van der Waals surface area contributed by atoms with Gasteiger partial charge in [0.15, 0.2) is 0 Å². The Morgan fingerprint density at radius 3 is 2.17 bits per heavy atom. The van der Waals surface area contributed by atoms with Gasteiger partial charge in [-0.2, -0.15) is 0 Å². The highest BCUT2D eigenvalue weighted by atomic mass is 16.7. The largest absolute Gasteiger partial charge is 0.497 e. The molecule has 3 fully saturated rings. The van der Waals surface area contributed by atoms with E-state index in [0.29, 0.717) is 45.1 Å². The van der Waals surface area contributed by atoms with E-state index in [-0.39, 0.29) is 62.7 Å². The highest BCUT2D eigenvalue weighted by Gasteiger charge is 2.57. The minimum absolute atomic E-state index is 0.00895. The van der Waals surface area contributed by atoms with E-state index in [1.807, 2.05) is 80.6 Å². The van der Waals surface area contributed by atoms with Gasteiger partial charge >= 0.3 is 11.9 Å². The van der Waals surface area contributed by atoms with E-state index in [9.17, 15) is 14.4 Å². The van der Waals surface area contributed by atoms with E-state index < -0.39 is 53.3 Å². The van der Waals surface area contributed by atoms with Crippen molar-refractivity contribution in [1.29, 1.82) is 0 Å². The molecule has 6 bridgehead atoms. The lowest BCUT2D eigenvalue weighted by Crippen LogP contribution is -2.60. The smallest absolute Gasteiger partial charge is 0.330 e. The van der Waals surface area contributed by atoms with E-state index in [2.05, 4.69) is 13.2 Å². The second-order valence-corrected chi connectivity index (χ2v) is 17.9. The molecule has 2 aromatic rings. The highest BCUT2D eigenvalue weighted by Crippen LogP contribution is 2.46. The fourth-order valence-corrected chi connectivity index (χ4v) is 9.03. The van der Waals surface area contributed by atoms with Crippen LogP contribution >= 0.6 is 0 Å². The molecule has 0 spiro atoms. The Kier molecular flexibility index (Phi) is 17.3. The summed E-state index contributed by atoms with van der Waals surface area (Å²) < 4.78 is 61.6. The van der Waals surface area contributed by atoms with Crippen LogP contribution in [0, 0.1) is 5.41 Å². The molecule has 2 aromatic carbocycles. The molecule has 348 valence electrons. The van der Waals surface area contributed by atoms with Crippen molar-refractivity contribution in [3.8, 4) is 5.75 Å². The molecular formula is C51H66O13. The second kappa shape index (κ2) is 22.6. The Bertz CT molecular complexity index is 1970. The van der Waals surface area contributed by atoms with Crippen LogP contribution in [0.3, 0.4) is 0 Å². The number of Topliss-reactive ketones (excluding diaryl/α,β-unsaturated/α-hetero) is 1. The maximum Gasteiger partial charge on any atom is 0.330 e. The molecule has 0 saturated carbocycles. The van der Waals surface area contributed by atoms with Crippen molar-refractivity contribution < 1.29 is 61.8 Å². The van der Waals surface area contributed by atoms with Crippen LogP contribution in [-0.2, 0) is 70.2 Å². The van der Waals surface area contributed by atoms with Gasteiger partial charge in [-0.15, -0.1) is 0 Å². The third kappa shape index (κ3) is 13.1. The van der Waals surface area contributed by atoms with Gasteiger partial charge in [0.05, 0.1) is 76.6 Å². The maximum absolute atomic E-state index is 14.6. The topological polar surface area (TPSA) is 144 Å². The van der Waals surface area contributed by atoms with E-state index in [1.165, 1.54) is 20.3 Å². The summed E-state index contributed by atoms with van der Waals surface area (Å²) in [5, 5.41) is 0. The molecule has 64 heavy (non-hydrogen) atoms. The minimum atomic E-state index is -1.90.